The second kappa shape index (κ2) is 10.3. The summed E-state index contributed by atoms with van der Waals surface area (Å²) >= 11 is 0. The van der Waals surface area contributed by atoms with Crippen LogP contribution in [0.5, 0.6) is 0 Å². The summed E-state index contributed by atoms with van der Waals surface area (Å²) in [5.74, 6) is 0. The average Bonchev–Trinajstić information content (AvgIpc) is 2.79. The lowest BCUT2D eigenvalue weighted by atomic mass is 9.93. The normalized spacial score (nSPS) is 10.9. The zero-order valence-corrected chi connectivity index (χ0v) is 18.5. The van der Waals surface area contributed by atoms with E-state index in [1.807, 2.05) is 36.4 Å². The molecule has 4 aromatic rings. The molecule has 3 aromatic carbocycles. The second-order valence-corrected chi connectivity index (χ2v) is 7.53. The van der Waals surface area contributed by atoms with Crippen LogP contribution in [-0.4, -0.2) is 12.2 Å². The smallest absolute Gasteiger partial charge is 0.418 e. The molecular weight excluding hydrogens is 447 g/mol. The van der Waals surface area contributed by atoms with Crippen molar-refractivity contribution in [3.05, 3.63) is 112 Å². The third-order valence-corrected chi connectivity index (χ3v) is 5.14. The van der Waals surface area contributed by atoms with Crippen molar-refractivity contribution in [2.45, 2.75) is 13.8 Å². The van der Waals surface area contributed by atoms with Crippen molar-refractivity contribution < 1.29 is 26.8 Å². The van der Waals surface area contributed by atoms with E-state index in [0.717, 1.165) is 22.5 Å². The largest absolute Gasteiger partial charge is 0.673 e. The van der Waals surface area contributed by atoms with E-state index in [-0.39, 0.29) is 10.6 Å². The lowest BCUT2D eigenvalue weighted by molar-refractivity contribution is -0.584. The van der Waals surface area contributed by atoms with Crippen LogP contribution in [0.3, 0.4) is 0 Å². The molecule has 0 amide bonds. The summed E-state index contributed by atoms with van der Waals surface area (Å²) in [6.45, 7) is 4.24. The van der Waals surface area contributed by atoms with E-state index < -0.39 is 7.25 Å². The molecule has 4 nitrogen and oxygen atoms in total. The Hall–Kier alpha value is -4.01. The minimum atomic E-state index is -6.00. The highest BCUT2D eigenvalue weighted by molar-refractivity contribution is 6.50. The first-order valence-electron chi connectivity index (χ1n) is 10.3. The maximum Gasteiger partial charge on any atom is 0.673 e. The van der Waals surface area contributed by atoms with Gasteiger partial charge < -0.3 is 17.3 Å². The SMILES string of the molecule is Cc1c[n+](-c2ccc([N+](=O)[O-])cc2)c(-c2ccccc2)c(C)c1-c1ccccc1.F[B-](F)(F)F. The Balaban J connectivity index is 0.000000588. The van der Waals surface area contributed by atoms with Crippen molar-refractivity contribution in [2.24, 2.45) is 0 Å². The van der Waals surface area contributed by atoms with E-state index in [2.05, 4.69) is 48.9 Å². The van der Waals surface area contributed by atoms with Crippen LogP contribution in [0, 0.1) is 24.0 Å². The van der Waals surface area contributed by atoms with Crippen LogP contribution in [-0.2, 0) is 0 Å². The molecule has 0 saturated heterocycles. The van der Waals surface area contributed by atoms with Gasteiger partial charge in [-0.05, 0) is 31.5 Å². The molecule has 0 N–H and O–H groups in total. The van der Waals surface area contributed by atoms with Crippen molar-refractivity contribution in [3.8, 4) is 28.1 Å². The molecule has 0 aliphatic heterocycles. The molecule has 4 rings (SSSR count). The van der Waals surface area contributed by atoms with Crippen LogP contribution in [0.15, 0.2) is 91.1 Å². The number of non-ortho nitro benzene ring substituents is 1. The number of nitrogens with zero attached hydrogens (tertiary/aromatic N) is 2. The van der Waals surface area contributed by atoms with Gasteiger partial charge >= 0.3 is 7.25 Å². The van der Waals surface area contributed by atoms with Gasteiger partial charge in [-0.2, -0.15) is 4.57 Å². The molecule has 0 fully saturated rings. The van der Waals surface area contributed by atoms with Crippen molar-refractivity contribution in [3.63, 3.8) is 0 Å². The first kappa shape index (κ1) is 24.6. The van der Waals surface area contributed by atoms with Gasteiger partial charge in [0, 0.05) is 46.5 Å². The number of nitro groups is 1. The summed E-state index contributed by atoms with van der Waals surface area (Å²) in [6.07, 6.45) is 2.11. The fraction of sp³-hybridized carbons (Fsp3) is 0.0800. The molecule has 0 radical (unpaired) electrons. The number of aryl methyl sites for hydroxylation is 1. The van der Waals surface area contributed by atoms with Gasteiger partial charge in [-0.15, -0.1) is 0 Å². The Kier molecular flexibility index (Phi) is 7.45. The minimum absolute atomic E-state index is 0.0879. The fourth-order valence-corrected chi connectivity index (χ4v) is 3.86. The number of aromatic nitrogens is 1. The monoisotopic (exact) mass is 468 g/mol. The van der Waals surface area contributed by atoms with Crippen molar-refractivity contribution in [2.75, 3.05) is 0 Å². The summed E-state index contributed by atoms with van der Waals surface area (Å²) in [5.41, 5.74) is 7.85. The first-order chi connectivity index (χ1) is 16.1. The van der Waals surface area contributed by atoms with E-state index in [9.17, 15) is 27.4 Å². The molecule has 1 aromatic heterocycles. The van der Waals surface area contributed by atoms with E-state index in [0.29, 0.717) is 0 Å². The summed E-state index contributed by atoms with van der Waals surface area (Å²) in [5, 5.41) is 11.0. The molecule has 174 valence electrons. The van der Waals surface area contributed by atoms with Crippen LogP contribution < -0.4 is 4.57 Å². The maximum atomic E-state index is 11.0. The first-order valence-corrected chi connectivity index (χ1v) is 10.3. The highest BCUT2D eigenvalue weighted by Crippen LogP contribution is 2.32. The Labute approximate surface area is 194 Å². The third kappa shape index (κ3) is 6.07. The highest BCUT2D eigenvalue weighted by atomic mass is 19.5. The summed E-state index contributed by atoms with van der Waals surface area (Å²) in [6, 6.07) is 27.3. The Morgan fingerprint density at radius 1 is 0.765 bits per heavy atom. The number of rotatable bonds is 4. The van der Waals surface area contributed by atoms with Crippen LogP contribution in [0.4, 0.5) is 23.0 Å². The van der Waals surface area contributed by atoms with Gasteiger partial charge in [0.2, 0.25) is 11.4 Å². The molecule has 0 aliphatic rings. The molecule has 0 aliphatic carbocycles. The van der Waals surface area contributed by atoms with Gasteiger partial charge in [0.05, 0.1) is 4.92 Å². The molecule has 1 heterocycles. The van der Waals surface area contributed by atoms with Crippen molar-refractivity contribution in [1.29, 1.82) is 0 Å². The van der Waals surface area contributed by atoms with Gasteiger partial charge in [0.25, 0.3) is 5.69 Å². The number of hydrogen-bond acceptors (Lipinski definition) is 2. The number of nitro benzene ring substituents is 1. The highest BCUT2D eigenvalue weighted by Gasteiger charge is 2.24. The van der Waals surface area contributed by atoms with Crippen LogP contribution in [0.2, 0.25) is 0 Å². The predicted octanol–water partition coefficient (Wildman–Crippen LogP) is 7.12. The van der Waals surface area contributed by atoms with E-state index in [1.54, 1.807) is 24.3 Å². The van der Waals surface area contributed by atoms with Gasteiger partial charge in [-0.3, -0.25) is 10.1 Å². The zero-order valence-electron chi connectivity index (χ0n) is 18.5. The third-order valence-electron chi connectivity index (χ3n) is 5.14. The lowest BCUT2D eigenvalue weighted by Crippen LogP contribution is -2.35. The number of pyridine rings is 1. The Morgan fingerprint density at radius 3 is 1.71 bits per heavy atom. The average molecular weight is 468 g/mol. The summed E-state index contributed by atoms with van der Waals surface area (Å²) in [7, 11) is -6.00. The maximum absolute atomic E-state index is 11.0. The Bertz CT molecular complexity index is 1270. The van der Waals surface area contributed by atoms with Gasteiger partial charge in [-0.1, -0.05) is 48.5 Å². The number of benzene rings is 3. The second-order valence-electron chi connectivity index (χ2n) is 7.53. The standard InChI is InChI=1S/C25H21N2O2.BF4/c1-18-17-26(22-13-15-23(16-14-22)27(28)29)25(21-11-7-4-8-12-21)19(2)24(18)20-9-5-3-6-10-20;2-1(3,4)5/h3-17H,1-2H3;/q+1;-1. The topological polar surface area (TPSA) is 47.0 Å². The van der Waals surface area contributed by atoms with Crippen LogP contribution >= 0.6 is 0 Å². The molecule has 34 heavy (non-hydrogen) atoms. The molecule has 0 spiro atoms. The molecule has 0 bridgehead atoms. The van der Waals surface area contributed by atoms with E-state index >= 15 is 0 Å². The number of hydrogen-bond donors (Lipinski definition) is 0. The molecule has 0 atom stereocenters. The van der Waals surface area contributed by atoms with E-state index in [1.165, 1.54) is 16.7 Å². The van der Waals surface area contributed by atoms with Crippen molar-refractivity contribution in [1.82, 2.24) is 0 Å². The lowest BCUT2D eigenvalue weighted by Gasteiger charge is -2.14. The molecule has 0 saturated carbocycles. The minimum Gasteiger partial charge on any atom is -0.418 e. The van der Waals surface area contributed by atoms with Crippen molar-refractivity contribution >= 4 is 12.9 Å². The zero-order chi connectivity index (χ0) is 24.9. The van der Waals surface area contributed by atoms with Gasteiger partial charge in [0.15, 0.2) is 6.20 Å². The van der Waals surface area contributed by atoms with Crippen LogP contribution in [0.25, 0.3) is 28.1 Å². The van der Waals surface area contributed by atoms with Gasteiger partial charge in [0.1, 0.15) is 0 Å². The summed E-state index contributed by atoms with van der Waals surface area (Å²) in [4.78, 5) is 10.7. The molecule has 9 heteroatoms. The predicted molar refractivity (Wildman–Crippen MR) is 125 cm³/mol. The fourth-order valence-electron chi connectivity index (χ4n) is 3.86. The van der Waals surface area contributed by atoms with Gasteiger partial charge in [-0.25, -0.2) is 0 Å². The Morgan fingerprint density at radius 2 is 1.24 bits per heavy atom. The summed E-state index contributed by atoms with van der Waals surface area (Å²) < 4.78 is 41.1. The van der Waals surface area contributed by atoms with Crippen LogP contribution in [0.1, 0.15) is 11.1 Å². The van der Waals surface area contributed by atoms with E-state index in [4.69, 9.17) is 0 Å². The number of halogens is 4. The molecular formula is C25H21BF4N2O2. The molecule has 0 unspecified atom stereocenters. The quantitative estimate of drug-likeness (QED) is 0.105.